The molecule has 0 saturated carbocycles. The molecule has 1 saturated heterocycles. The van der Waals surface area contributed by atoms with E-state index < -0.39 is 48.6 Å². The number of ether oxygens (including phenoxy) is 3. The fourth-order valence-corrected chi connectivity index (χ4v) is 3.16. The van der Waals surface area contributed by atoms with Crippen molar-refractivity contribution < 1.29 is 43.4 Å². The van der Waals surface area contributed by atoms with Crippen LogP contribution in [-0.4, -0.2) is 57.7 Å². The second-order valence-corrected chi connectivity index (χ2v) is 6.96. The molecule has 1 fully saturated rings. The van der Waals surface area contributed by atoms with Gasteiger partial charge in [0.05, 0.1) is 12.0 Å². The van der Waals surface area contributed by atoms with Gasteiger partial charge in [-0.2, -0.15) is 0 Å². The van der Waals surface area contributed by atoms with Crippen LogP contribution in [0.5, 0.6) is 17.2 Å². The molecule has 4 N–H and O–H groups in total. The van der Waals surface area contributed by atoms with Crippen molar-refractivity contribution >= 4 is 11.0 Å². The Morgan fingerprint density at radius 3 is 2.39 bits per heavy atom. The van der Waals surface area contributed by atoms with Crippen LogP contribution in [0.25, 0.3) is 11.0 Å². The number of hydrogen-bond acceptors (Lipinski definition) is 9. The number of aliphatic hydroxyl groups excluding tert-OH is 4. The van der Waals surface area contributed by atoms with Gasteiger partial charge in [-0.3, -0.25) is 4.79 Å². The lowest BCUT2D eigenvalue weighted by Gasteiger charge is -2.39. The fourth-order valence-electron chi connectivity index (χ4n) is 3.16. The molecule has 4 rings (SSSR count). The van der Waals surface area contributed by atoms with E-state index in [0.29, 0.717) is 0 Å². The third-order valence-electron chi connectivity index (χ3n) is 4.86. The summed E-state index contributed by atoms with van der Waals surface area (Å²) in [7, 11) is 0. The van der Waals surface area contributed by atoms with Gasteiger partial charge >= 0.3 is 0 Å². The number of halogens is 1. The highest BCUT2D eigenvalue weighted by Gasteiger charge is 2.44. The molecule has 1 aliphatic rings. The Balaban J connectivity index is 1.56. The topological polar surface area (TPSA) is 139 Å². The normalized spacial score (nSPS) is 26.0. The summed E-state index contributed by atoms with van der Waals surface area (Å²) in [6.07, 6.45) is -6.05. The Labute approximate surface area is 174 Å². The monoisotopic (exact) mass is 434 g/mol. The highest BCUT2D eigenvalue weighted by molar-refractivity contribution is 5.79. The van der Waals surface area contributed by atoms with E-state index in [0.717, 1.165) is 6.26 Å². The van der Waals surface area contributed by atoms with Crippen molar-refractivity contribution in [1.82, 2.24) is 0 Å². The predicted molar refractivity (Wildman–Crippen MR) is 103 cm³/mol. The number of fused-ring (bicyclic) bond motifs is 1. The zero-order valence-corrected chi connectivity index (χ0v) is 15.9. The van der Waals surface area contributed by atoms with Crippen LogP contribution in [0.3, 0.4) is 0 Å². The van der Waals surface area contributed by atoms with Gasteiger partial charge in [0, 0.05) is 6.07 Å². The smallest absolute Gasteiger partial charge is 0.235 e. The first kappa shape index (κ1) is 21.2. The lowest BCUT2D eigenvalue weighted by molar-refractivity contribution is -0.277. The van der Waals surface area contributed by atoms with E-state index in [1.807, 2.05) is 0 Å². The molecule has 1 aliphatic heterocycles. The average molecular weight is 434 g/mol. The van der Waals surface area contributed by atoms with Gasteiger partial charge < -0.3 is 39.1 Å². The van der Waals surface area contributed by atoms with Crippen molar-refractivity contribution in [3.05, 3.63) is 64.8 Å². The zero-order valence-electron chi connectivity index (χ0n) is 15.9. The Hall–Kier alpha value is -3.02. The summed E-state index contributed by atoms with van der Waals surface area (Å²) in [6.45, 7) is -0.589. The van der Waals surface area contributed by atoms with Crippen molar-refractivity contribution in [2.45, 2.75) is 30.7 Å². The predicted octanol–water partition coefficient (Wildman–Crippen LogP) is 0.903. The van der Waals surface area contributed by atoms with Crippen molar-refractivity contribution in [2.75, 3.05) is 6.61 Å². The first-order valence-corrected chi connectivity index (χ1v) is 9.33. The number of aliphatic hydroxyl groups is 4. The first-order chi connectivity index (χ1) is 14.9. The van der Waals surface area contributed by atoms with E-state index in [-0.39, 0.29) is 28.2 Å². The summed E-state index contributed by atoms with van der Waals surface area (Å²) in [4.78, 5) is 12.7. The molecule has 9 nitrogen and oxygen atoms in total. The average Bonchev–Trinajstić information content (AvgIpc) is 2.77. The van der Waals surface area contributed by atoms with E-state index in [1.54, 1.807) is 0 Å². The lowest BCUT2D eigenvalue weighted by Crippen LogP contribution is -2.60. The van der Waals surface area contributed by atoms with Crippen molar-refractivity contribution in [3.63, 3.8) is 0 Å². The molecule has 1 aromatic heterocycles. The second kappa shape index (κ2) is 8.61. The summed E-state index contributed by atoms with van der Waals surface area (Å²) < 4.78 is 34.7. The summed E-state index contributed by atoms with van der Waals surface area (Å²) in [5.41, 5.74) is -0.316. The number of rotatable bonds is 5. The van der Waals surface area contributed by atoms with E-state index in [1.165, 1.54) is 42.5 Å². The van der Waals surface area contributed by atoms with Gasteiger partial charge in [0.2, 0.25) is 17.5 Å². The second-order valence-electron chi connectivity index (χ2n) is 6.96. The maximum Gasteiger partial charge on any atom is 0.235 e. The maximum atomic E-state index is 13.0. The van der Waals surface area contributed by atoms with Gasteiger partial charge in [-0.1, -0.05) is 0 Å². The van der Waals surface area contributed by atoms with E-state index in [9.17, 15) is 29.6 Å². The quantitative estimate of drug-likeness (QED) is 0.461. The molecular formula is C21H19FO9. The molecule has 5 unspecified atom stereocenters. The van der Waals surface area contributed by atoms with Crippen LogP contribution >= 0.6 is 0 Å². The van der Waals surface area contributed by atoms with Crippen LogP contribution in [0.2, 0.25) is 0 Å². The third kappa shape index (κ3) is 4.24. The van der Waals surface area contributed by atoms with E-state index in [2.05, 4.69) is 0 Å². The van der Waals surface area contributed by atoms with Crippen LogP contribution in [0.4, 0.5) is 4.39 Å². The standard InChI is InChI=1S/C21H19FO9/c22-10-1-3-11(4-2-10)29-16-9-28-14-7-12(5-6-13(14)17(16)24)30-21-20(27)19(26)18(25)15(8-23)31-21/h1-7,9,15,18-21,23,25-27H,8H2. The summed E-state index contributed by atoms with van der Waals surface area (Å²) in [5, 5.41) is 39.2. The van der Waals surface area contributed by atoms with Crippen molar-refractivity contribution in [2.24, 2.45) is 0 Å². The molecule has 0 aliphatic carbocycles. The fraction of sp³-hybridized carbons (Fsp3) is 0.286. The zero-order chi connectivity index (χ0) is 22.1. The van der Waals surface area contributed by atoms with Gasteiger partial charge in [0.25, 0.3) is 0 Å². The van der Waals surface area contributed by atoms with Crippen LogP contribution < -0.4 is 14.9 Å². The molecule has 2 aromatic carbocycles. The molecule has 2 heterocycles. The molecule has 0 radical (unpaired) electrons. The minimum atomic E-state index is -1.58. The van der Waals surface area contributed by atoms with Gasteiger partial charge in [-0.15, -0.1) is 0 Å². The summed E-state index contributed by atoms with van der Waals surface area (Å²) in [5.74, 6) is -0.130. The largest absolute Gasteiger partial charge is 0.462 e. The first-order valence-electron chi connectivity index (χ1n) is 9.33. The Kier molecular flexibility index (Phi) is 5.90. The molecule has 0 amide bonds. The molecule has 3 aromatic rings. The minimum Gasteiger partial charge on any atom is -0.462 e. The minimum absolute atomic E-state index is 0.0956. The molecule has 5 atom stereocenters. The highest BCUT2D eigenvalue weighted by Crippen LogP contribution is 2.27. The number of benzene rings is 2. The Morgan fingerprint density at radius 2 is 1.68 bits per heavy atom. The SMILES string of the molecule is O=c1c(Oc2ccc(F)cc2)coc2cc(OC3OC(CO)C(O)C(O)C3O)ccc12. The molecule has 10 heteroatoms. The van der Waals surface area contributed by atoms with Crippen molar-refractivity contribution in [3.8, 4) is 17.2 Å². The van der Waals surface area contributed by atoms with Crippen LogP contribution in [-0.2, 0) is 4.74 Å². The number of hydrogen-bond donors (Lipinski definition) is 4. The van der Waals surface area contributed by atoms with Crippen LogP contribution in [0.1, 0.15) is 0 Å². The van der Waals surface area contributed by atoms with Gasteiger partial charge in [-0.25, -0.2) is 4.39 Å². The van der Waals surface area contributed by atoms with Crippen LogP contribution in [0, 0.1) is 5.82 Å². The van der Waals surface area contributed by atoms with Gasteiger partial charge in [0.15, 0.2) is 0 Å². The maximum absolute atomic E-state index is 13.0. The Bertz CT molecular complexity index is 1110. The molecule has 164 valence electrons. The molecular weight excluding hydrogens is 415 g/mol. The summed E-state index contributed by atoms with van der Waals surface area (Å²) >= 11 is 0. The highest BCUT2D eigenvalue weighted by atomic mass is 19.1. The van der Waals surface area contributed by atoms with Gasteiger partial charge in [-0.05, 0) is 36.4 Å². The van der Waals surface area contributed by atoms with Gasteiger partial charge in [0.1, 0.15) is 53.6 Å². The Morgan fingerprint density at radius 1 is 0.968 bits per heavy atom. The summed E-state index contributed by atoms with van der Waals surface area (Å²) in [6, 6.07) is 9.34. The molecule has 0 spiro atoms. The van der Waals surface area contributed by atoms with Crippen LogP contribution in [0.15, 0.2) is 57.9 Å². The third-order valence-corrected chi connectivity index (χ3v) is 4.86. The molecule has 31 heavy (non-hydrogen) atoms. The van der Waals surface area contributed by atoms with E-state index >= 15 is 0 Å². The lowest BCUT2D eigenvalue weighted by atomic mass is 9.99. The molecule has 0 bridgehead atoms. The van der Waals surface area contributed by atoms with Crippen molar-refractivity contribution in [1.29, 1.82) is 0 Å². The van der Waals surface area contributed by atoms with E-state index in [4.69, 9.17) is 18.6 Å².